The molecule has 0 saturated carbocycles. The number of likely N-dealkylation sites (N-methyl/N-ethyl adjacent to an activating group) is 1. The fraction of sp³-hybridized carbons (Fsp3) is 0.320. The van der Waals surface area contributed by atoms with Gasteiger partial charge in [0.1, 0.15) is 5.56 Å². The number of aromatic nitrogens is 1. The molecular weight excluding hydrogens is 410 g/mol. The number of ether oxygens (including phenoxy) is 1. The van der Waals surface area contributed by atoms with Crippen molar-refractivity contribution in [2.75, 3.05) is 44.7 Å². The average Bonchev–Trinajstić information content (AvgIpc) is 3.08. The van der Waals surface area contributed by atoms with E-state index in [-0.39, 0.29) is 5.97 Å². The Labute approximate surface area is 188 Å². The third kappa shape index (κ3) is 4.21. The molecule has 1 aliphatic rings. The first-order valence-corrected chi connectivity index (χ1v) is 11.1. The molecule has 0 bridgehead atoms. The molecule has 3 aromatic rings. The lowest BCUT2D eigenvalue weighted by atomic mass is 10.1. The highest BCUT2D eigenvalue weighted by Crippen LogP contribution is 2.41. The van der Waals surface area contributed by atoms with Crippen LogP contribution >= 0.6 is 11.6 Å². The van der Waals surface area contributed by atoms with Crippen LogP contribution in [0.4, 0.5) is 5.69 Å². The molecule has 31 heavy (non-hydrogen) atoms. The van der Waals surface area contributed by atoms with Crippen molar-refractivity contribution < 1.29 is 9.53 Å². The van der Waals surface area contributed by atoms with E-state index in [1.807, 2.05) is 56.3 Å². The molecule has 1 aromatic heterocycles. The van der Waals surface area contributed by atoms with Gasteiger partial charge in [0.15, 0.2) is 0 Å². The number of halogens is 1. The molecule has 0 amide bonds. The molecule has 0 unspecified atom stereocenters. The third-order valence-corrected chi connectivity index (χ3v) is 6.07. The number of para-hydroxylation sites is 1. The molecule has 162 valence electrons. The lowest BCUT2D eigenvalue weighted by Crippen LogP contribution is -2.45. The second-order valence-corrected chi connectivity index (χ2v) is 8.28. The first-order valence-electron chi connectivity index (χ1n) is 10.7. The zero-order valence-corrected chi connectivity index (χ0v) is 19.0. The minimum Gasteiger partial charge on any atom is -0.462 e. The monoisotopic (exact) mass is 437 g/mol. The number of hydrogen-bond acceptors (Lipinski definition) is 4. The number of rotatable bonds is 5. The molecule has 5 nitrogen and oxygen atoms in total. The number of benzene rings is 2. The zero-order chi connectivity index (χ0) is 22.0. The predicted molar refractivity (Wildman–Crippen MR) is 127 cm³/mol. The van der Waals surface area contributed by atoms with Gasteiger partial charge in [-0.3, -0.25) is 0 Å². The molecule has 0 spiro atoms. The van der Waals surface area contributed by atoms with Crippen LogP contribution in [0.25, 0.3) is 16.9 Å². The highest BCUT2D eigenvalue weighted by atomic mass is 35.5. The van der Waals surface area contributed by atoms with Crippen LogP contribution in [0.2, 0.25) is 5.02 Å². The Morgan fingerprint density at radius 1 is 1.00 bits per heavy atom. The second-order valence-electron chi connectivity index (χ2n) is 7.85. The average molecular weight is 438 g/mol. The summed E-state index contributed by atoms with van der Waals surface area (Å²) >= 11 is 6.19. The van der Waals surface area contributed by atoms with Crippen molar-refractivity contribution >= 4 is 23.3 Å². The third-order valence-electron chi connectivity index (χ3n) is 5.81. The van der Waals surface area contributed by atoms with Gasteiger partial charge in [-0.15, -0.1) is 0 Å². The Balaban J connectivity index is 2.01. The van der Waals surface area contributed by atoms with Gasteiger partial charge >= 0.3 is 5.97 Å². The first-order chi connectivity index (χ1) is 15.0. The summed E-state index contributed by atoms with van der Waals surface area (Å²) in [5.74, 6) is -0.279. The van der Waals surface area contributed by atoms with Crippen molar-refractivity contribution in [3.05, 3.63) is 70.9 Å². The molecule has 1 fully saturated rings. The molecule has 4 rings (SSSR count). The van der Waals surface area contributed by atoms with Gasteiger partial charge in [-0.1, -0.05) is 41.9 Å². The number of esters is 1. The number of hydrogen-bond donors (Lipinski definition) is 0. The van der Waals surface area contributed by atoms with Crippen LogP contribution < -0.4 is 4.90 Å². The van der Waals surface area contributed by atoms with Gasteiger partial charge in [-0.2, -0.15) is 0 Å². The SMILES string of the molecule is CCOC(=O)c1c(N2CCN(C)CC2)c(-c2ccc(Cl)cc2)n(-c2ccccc2)c1C. The fourth-order valence-corrected chi connectivity index (χ4v) is 4.36. The summed E-state index contributed by atoms with van der Waals surface area (Å²) in [6.45, 7) is 7.77. The minimum absolute atomic E-state index is 0.279. The van der Waals surface area contributed by atoms with Gasteiger partial charge < -0.3 is 19.1 Å². The number of anilines is 1. The molecule has 0 atom stereocenters. The van der Waals surface area contributed by atoms with Crippen LogP contribution in [-0.4, -0.2) is 55.3 Å². The molecule has 2 heterocycles. The van der Waals surface area contributed by atoms with E-state index in [2.05, 4.69) is 33.5 Å². The minimum atomic E-state index is -0.279. The van der Waals surface area contributed by atoms with Crippen LogP contribution in [0.5, 0.6) is 0 Å². The molecule has 6 heteroatoms. The van der Waals surface area contributed by atoms with Gasteiger partial charge in [0.25, 0.3) is 0 Å². The molecule has 1 saturated heterocycles. The fourth-order valence-electron chi connectivity index (χ4n) is 4.23. The van der Waals surface area contributed by atoms with E-state index in [1.165, 1.54) is 0 Å². The number of nitrogens with zero attached hydrogens (tertiary/aromatic N) is 3. The standard InChI is InChI=1S/C25H28ClN3O2/c1-4-31-25(30)22-18(2)29(21-8-6-5-7-9-21)23(19-10-12-20(26)13-11-19)24(22)28-16-14-27(3)15-17-28/h5-13H,4,14-17H2,1-3H3. The second kappa shape index (κ2) is 9.16. The van der Waals surface area contributed by atoms with Crippen LogP contribution in [0.15, 0.2) is 54.6 Å². The van der Waals surface area contributed by atoms with Gasteiger partial charge in [-0.05, 0) is 45.2 Å². The Morgan fingerprint density at radius 3 is 2.26 bits per heavy atom. The Morgan fingerprint density at radius 2 is 1.65 bits per heavy atom. The van der Waals surface area contributed by atoms with E-state index < -0.39 is 0 Å². The van der Waals surface area contributed by atoms with E-state index in [0.29, 0.717) is 17.2 Å². The van der Waals surface area contributed by atoms with Crippen molar-refractivity contribution in [2.24, 2.45) is 0 Å². The van der Waals surface area contributed by atoms with Gasteiger partial charge in [0, 0.05) is 48.1 Å². The summed E-state index contributed by atoms with van der Waals surface area (Å²) in [5.41, 5.74) is 5.48. The van der Waals surface area contributed by atoms with Crippen LogP contribution in [0, 0.1) is 6.92 Å². The summed E-state index contributed by atoms with van der Waals surface area (Å²) in [4.78, 5) is 17.8. The van der Waals surface area contributed by atoms with Crippen LogP contribution in [0.1, 0.15) is 23.0 Å². The van der Waals surface area contributed by atoms with Crippen molar-refractivity contribution in [1.29, 1.82) is 0 Å². The normalized spacial score (nSPS) is 14.6. The lowest BCUT2D eigenvalue weighted by Gasteiger charge is -2.35. The number of piperazine rings is 1. The quantitative estimate of drug-likeness (QED) is 0.524. The highest BCUT2D eigenvalue weighted by molar-refractivity contribution is 6.30. The summed E-state index contributed by atoms with van der Waals surface area (Å²) in [6.07, 6.45) is 0. The highest BCUT2D eigenvalue weighted by Gasteiger charge is 2.32. The number of carbonyl (C=O) groups excluding carboxylic acids is 1. The number of carbonyl (C=O) groups is 1. The van der Waals surface area contributed by atoms with Crippen molar-refractivity contribution in [1.82, 2.24) is 9.47 Å². The maximum atomic E-state index is 13.2. The molecule has 0 N–H and O–H groups in total. The zero-order valence-electron chi connectivity index (χ0n) is 18.3. The molecule has 2 aromatic carbocycles. The van der Waals surface area contributed by atoms with Crippen molar-refractivity contribution in [3.8, 4) is 16.9 Å². The predicted octanol–water partition coefficient (Wildman–Crippen LogP) is 5.03. The molecule has 1 aliphatic heterocycles. The summed E-state index contributed by atoms with van der Waals surface area (Å²) < 4.78 is 7.68. The van der Waals surface area contributed by atoms with E-state index in [1.54, 1.807) is 0 Å². The van der Waals surface area contributed by atoms with E-state index >= 15 is 0 Å². The summed E-state index contributed by atoms with van der Waals surface area (Å²) in [5, 5.41) is 0.685. The van der Waals surface area contributed by atoms with E-state index in [9.17, 15) is 4.79 Å². The van der Waals surface area contributed by atoms with Gasteiger partial charge in [0.05, 0.1) is 18.0 Å². The van der Waals surface area contributed by atoms with Gasteiger partial charge in [0.2, 0.25) is 0 Å². The van der Waals surface area contributed by atoms with Crippen molar-refractivity contribution in [3.63, 3.8) is 0 Å². The van der Waals surface area contributed by atoms with Crippen LogP contribution in [-0.2, 0) is 4.74 Å². The lowest BCUT2D eigenvalue weighted by molar-refractivity contribution is 0.0526. The molecule has 0 radical (unpaired) electrons. The van der Waals surface area contributed by atoms with Crippen molar-refractivity contribution in [2.45, 2.75) is 13.8 Å². The Hall–Kier alpha value is -2.76. The topological polar surface area (TPSA) is 37.7 Å². The largest absolute Gasteiger partial charge is 0.462 e. The maximum Gasteiger partial charge on any atom is 0.342 e. The van der Waals surface area contributed by atoms with E-state index in [0.717, 1.165) is 54.5 Å². The first kappa shape index (κ1) is 21.5. The van der Waals surface area contributed by atoms with Gasteiger partial charge in [-0.25, -0.2) is 4.79 Å². The smallest absolute Gasteiger partial charge is 0.342 e. The summed E-state index contributed by atoms with van der Waals surface area (Å²) in [7, 11) is 2.13. The van der Waals surface area contributed by atoms with Crippen LogP contribution in [0.3, 0.4) is 0 Å². The Kier molecular flexibility index (Phi) is 6.35. The maximum absolute atomic E-state index is 13.2. The Bertz CT molecular complexity index is 1050. The summed E-state index contributed by atoms with van der Waals surface area (Å²) in [6, 6.07) is 18.0. The van der Waals surface area contributed by atoms with E-state index in [4.69, 9.17) is 16.3 Å². The molecule has 0 aliphatic carbocycles. The molecular formula is C25H28ClN3O2.